The Morgan fingerprint density at radius 3 is 2.50 bits per heavy atom. The summed E-state index contributed by atoms with van der Waals surface area (Å²) in [6.07, 6.45) is 1.61. The molecule has 0 bridgehead atoms. The summed E-state index contributed by atoms with van der Waals surface area (Å²) in [6, 6.07) is 12.3. The molecular weight excluding hydrogens is 518 g/mol. The van der Waals surface area contributed by atoms with Crippen LogP contribution in [0.3, 0.4) is 0 Å². The Kier molecular flexibility index (Phi) is 8.80. The molecule has 0 aliphatic carbocycles. The molecule has 208 valence electrons. The van der Waals surface area contributed by atoms with Crippen LogP contribution in [0.4, 0.5) is 10.5 Å². The van der Waals surface area contributed by atoms with Gasteiger partial charge in [-0.2, -0.15) is 0 Å². The minimum atomic E-state index is -1.05. The van der Waals surface area contributed by atoms with Crippen molar-refractivity contribution in [3.05, 3.63) is 71.5 Å². The maximum absolute atomic E-state index is 13.6. The number of diazo groups is 1. The van der Waals surface area contributed by atoms with Gasteiger partial charge in [0.2, 0.25) is 23.0 Å². The molecule has 2 aliphatic heterocycles. The molecular formula is C27H30N7O6+. The third-order valence-electron chi connectivity index (χ3n) is 6.55. The van der Waals surface area contributed by atoms with Crippen LogP contribution >= 0.6 is 0 Å². The normalized spacial score (nSPS) is 19.9. The van der Waals surface area contributed by atoms with Gasteiger partial charge in [0.05, 0.1) is 6.04 Å². The molecule has 4 rings (SSSR count). The number of carbonyl (C=O) groups excluding carboxylic acids is 4. The van der Waals surface area contributed by atoms with Gasteiger partial charge in [0.15, 0.2) is 4.98 Å². The quantitative estimate of drug-likeness (QED) is 0.304. The Bertz CT molecular complexity index is 1330. The fourth-order valence-corrected chi connectivity index (χ4v) is 4.52. The van der Waals surface area contributed by atoms with Crippen molar-refractivity contribution < 1.29 is 29.0 Å². The van der Waals surface area contributed by atoms with Crippen LogP contribution < -0.4 is 20.7 Å². The van der Waals surface area contributed by atoms with Gasteiger partial charge in [-0.15, -0.1) is 0 Å². The number of benzene rings is 2. The van der Waals surface area contributed by atoms with Crippen molar-refractivity contribution in [3.63, 3.8) is 0 Å². The van der Waals surface area contributed by atoms with Crippen LogP contribution in [0.2, 0.25) is 0 Å². The molecule has 2 aromatic carbocycles. The van der Waals surface area contributed by atoms with Crippen LogP contribution in [-0.4, -0.2) is 63.5 Å². The standard InChI is InChI=1S/C27H29N7O6/c1-17(23(35)16-29-28)30-25(37)22-8-5-15-33-24(36)14-13-21(26(38)34(22)33)32-27(39)31-18-9-11-20(12-10-18)40-19-6-3-2-4-7-19/h2-4,6-7,9-12,16-17,21-22H,5,8,13-15H2,1H3,(H3-,30,31,32,35,37,39)/p+1/b23-16-/t17-,21-,22-/m0/s1. The number of para-hydroxylation sites is 1. The number of nitrogens with one attached hydrogen (secondary N) is 3. The van der Waals surface area contributed by atoms with E-state index in [0.29, 0.717) is 23.6 Å². The molecule has 40 heavy (non-hydrogen) atoms. The summed E-state index contributed by atoms with van der Waals surface area (Å²) >= 11 is 0. The number of hydrogen-bond donors (Lipinski definition) is 4. The van der Waals surface area contributed by atoms with Crippen LogP contribution in [0, 0.1) is 5.39 Å². The Hall–Kier alpha value is -5.12. The molecule has 2 fully saturated rings. The number of rotatable bonds is 7. The lowest BCUT2D eigenvalue weighted by Gasteiger charge is -2.43. The summed E-state index contributed by atoms with van der Waals surface area (Å²) in [5.41, 5.74) is 0.461. The van der Waals surface area contributed by atoms with Crippen molar-refractivity contribution in [1.82, 2.24) is 20.7 Å². The number of aliphatic hydroxyl groups is 1. The lowest BCUT2D eigenvalue weighted by Crippen LogP contribution is -2.64. The summed E-state index contributed by atoms with van der Waals surface area (Å²) in [5, 5.41) is 28.7. The van der Waals surface area contributed by atoms with Crippen LogP contribution in [-0.2, 0) is 14.4 Å². The van der Waals surface area contributed by atoms with Crippen LogP contribution in [0.5, 0.6) is 11.5 Å². The molecule has 4 N–H and O–H groups in total. The van der Waals surface area contributed by atoms with Gasteiger partial charge >= 0.3 is 12.2 Å². The van der Waals surface area contributed by atoms with Crippen LogP contribution in [0.25, 0.3) is 4.98 Å². The van der Waals surface area contributed by atoms with E-state index in [2.05, 4.69) is 20.9 Å². The zero-order valence-electron chi connectivity index (χ0n) is 21.8. The van der Waals surface area contributed by atoms with Gasteiger partial charge in [-0.05, 0) is 62.6 Å². The van der Waals surface area contributed by atoms with E-state index in [1.165, 1.54) is 11.9 Å². The van der Waals surface area contributed by atoms with E-state index in [0.717, 1.165) is 11.2 Å². The minimum absolute atomic E-state index is 0.00494. The van der Waals surface area contributed by atoms with Crippen molar-refractivity contribution >= 4 is 29.4 Å². The number of aliphatic hydroxyl groups excluding tert-OH is 1. The summed E-state index contributed by atoms with van der Waals surface area (Å²) in [5.74, 6) is -0.668. The number of fused-ring (bicyclic) bond motifs is 1. The monoisotopic (exact) mass is 548 g/mol. The summed E-state index contributed by atoms with van der Waals surface area (Å²) in [4.78, 5) is 55.0. The number of urea groups is 1. The minimum Gasteiger partial charge on any atom is -0.504 e. The van der Waals surface area contributed by atoms with E-state index in [-0.39, 0.29) is 31.7 Å². The molecule has 2 aromatic rings. The number of hydrazine groups is 1. The highest BCUT2D eigenvalue weighted by Crippen LogP contribution is 2.26. The average molecular weight is 549 g/mol. The smallest absolute Gasteiger partial charge is 0.389 e. The Balaban J connectivity index is 1.42. The fourth-order valence-electron chi connectivity index (χ4n) is 4.52. The van der Waals surface area contributed by atoms with Gasteiger partial charge in [-0.25, -0.2) is 9.80 Å². The highest BCUT2D eigenvalue weighted by atomic mass is 16.5. The summed E-state index contributed by atoms with van der Waals surface area (Å²) in [6.45, 7) is 1.73. The molecule has 2 heterocycles. The molecule has 0 radical (unpaired) electrons. The second-order valence-corrected chi connectivity index (χ2v) is 9.39. The maximum Gasteiger partial charge on any atom is 0.389 e. The van der Waals surface area contributed by atoms with E-state index in [9.17, 15) is 24.3 Å². The van der Waals surface area contributed by atoms with Crippen LogP contribution in [0.1, 0.15) is 32.6 Å². The zero-order valence-corrected chi connectivity index (χ0v) is 21.8. The van der Waals surface area contributed by atoms with Crippen molar-refractivity contribution in [3.8, 4) is 11.5 Å². The Morgan fingerprint density at radius 1 is 1.10 bits per heavy atom. The topological polar surface area (TPSA) is 168 Å². The van der Waals surface area contributed by atoms with E-state index >= 15 is 0 Å². The maximum atomic E-state index is 13.6. The third-order valence-corrected chi connectivity index (χ3v) is 6.55. The van der Waals surface area contributed by atoms with E-state index in [1.54, 1.807) is 24.3 Å². The molecule has 13 nitrogen and oxygen atoms in total. The average Bonchev–Trinajstić information content (AvgIpc) is 3.06. The largest absolute Gasteiger partial charge is 0.504 e. The second kappa shape index (κ2) is 12.6. The van der Waals surface area contributed by atoms with Gasteiger partial charge < -0.3 is 25.8 Å². The number of ether oxygens (including phenoxy) is 1. The first-order valence-corrected chi connectivity index (χ1v) is 12.8. The van der Waals surface area contributed by atoms with Gasteiger partial charge in [0, 0.05) is 18.7 Å². The van der Waals surface area contributed by atoms with Gasteiger partial charge in [-0.1, -0.05) is 18.2 Å². The predicted molar refractivity (Wildman–Crippen MR) is 143 cm³/mol. The summed E-state index contributed by atoms with van der Waals surface area (Å²) in [7, 11) is 0. The number of amides is 5. The van der Waals surface area contributed by atoms with Gasteiger partial charge in [0.25, 0.3) is 5.91 Å². The molecule has 3 atom stereocenters. The molecule has 13 heteroatoms. The highest BCUT2D eigenvalue weighted by molar-refractivity contribution is 5.97. The number of nitrogens with zero attached hydrogens (tertiary/aromatic N) is 4. The van der Waals surface area contributed by atoms with Gasteiger partial charge in [-0.3, -0.25) is 19.4 Å². The molecule has 0 saturated carbocycles. The highest BCUT2D eigenvalue weighted by Gasteiger charge is 2.44. The molecule has 0 aromatic heterocycles. The Labute approximate surface area is 230 Å². The lowest BCUT2D eigenvalue weighted by atomic mass is 10.1. The second-order valence-electron chi connectivity index (χ2n) is 9.39. The van der Waals surface area contributed by atoms with Crippen molar-refractivity contribution in [1.29, 1.82) is 5.39 Å². The molecule has 2 aliphatic rings. The Morgan fingerprint density at radius 2 is 1.80 bits per heavy atom. The third kappa shape index (κ3) is 6.65. The first-order valence-electron chi connectivity index (χ1n) is 12.8. The molecule has 5 amide bonds. The predicted octanol–water partition coefficient (Wildman–Crippen LogP) is 3.25. The van der Waals surface area contributed by atoms with Crippen LogP contribution in [0.15, 0.2) is 66.6 Å². The number of carbonyl (C=O) groups is 4. The molecule has 0 unspecified atom stereocenters. The van der Waals surface area contributed by atoms with Crippen molar-refractivity contribution in [2.24, 2.45) is 0 Å². The van der Waals surface area contributed by atoms with Gasteiger partial charge in [0.1, 0.15) is 23.6 Å². The first kappa shape index (κ1) is 27.9. The molecule has 2 saturated heterocycles. The SMILES string of the molecule is C[C@H](NC(=O)[C@@H]1CCCN2C(=O)CC[C@H](NC(=O)Nc3ccc(Oc4ccccc4)cc3)C(=O)N12)/C(O)=C/[N+]#N. The number of anilines is 1. The summed E-state index contributed by atoms with van der Waals surface area (Å²) < 4.78 is 5.75. The van der Waals surface area contributed by atoms with E-state index in [1.807, 2.05) is 30.3 Å². The van der Waals surface area contributed by atoms with E-state index < -0.39 is 41.7 Å². The number of hydrogen-bond acceptors (Lipinski definition) is 7. The lowest BCUT2D eigenvalue weighted by molar-refractivity contribution is -0.176. The fraction of sp³-hybridized carbons (Fsp3) is 0.333. The first-order chi connectivity index (χ1) is 19.3. The van der Waals surface area contributed by atoms with Crippen molar-refractivity contribution in [2.75, 3.05) is 11.9 Å². The van der Waals surface area contributed by atoms with Crippen molar-refractivity contribution in [2.45, 2.75) is 50.7 Å². The van der Waals surface area contributed by atoms with E-state index in [4.69, 9.17) is 10.1 Å². The molecule has 0 spiro atoms. The zero-order chi connectivity index (χ0) is 28.6.